The van der Waals surface area contributed by atoms with Gasteiger partial charge in [0, 0.05) is 24.5 Å². The second-order valence-electron chi connectivity index (χ2n) is 4.68. The second kappa shape index (κ2) is 7.82. The Bertz CT molecular complexity index is 324. The Morgan fingerprint density at radius 3 is 2.50 bits per heavy atom. The Morgan fingerprint density at radius 1 is 1.39 bits per heavy atom. The number of rotatable bonds is 8. The van der Waals surface area contributed by atoms with Crippen molar-refractivity contribution in [3.8, 4) is 0 Å². The molecule has 0 N–H and O–H groups in total. The predicted octanol–water partition coefficient (Wildman–Crippen LogP) is 2.38. The zero-order valence-corrected chi connectivity index (χ0v) is 13.7. The van der Waals surface area contributed by atoms with Crippen LogP contribution in [0.4, 0.5) is 0 Å². The van der Waals surface area contributed by atoms with Crippen LogP contribution in [-0.4, -0.2) is 49.1 Å². The molecule has 1 rings (SSSR count). The minimum atomic E-state index is -3.21. The second-order valence-corrected chi connectivity index (χ2v) is 7.44. The average Bonchev–Trinajstić information content (AvgIpc) is 2.81. The van der Waals surface area contributed by atoms with E-state index in [0.29, 0.717) is 18.5 Å². The summed E-state index contributed by atoms with van der Waals surface area (Å²) in [7, 11) is -3.21. The van der Waals surface area contributed by atoms with E-state index in [0.717, 1.165) is 25.7 Å². The van der Waals surface area contributed by atoms with Gasteiger partial charge in [0.1, 0.15) is 0 Å². The highest BCUT2D eigenvalue weighted by molar-refractivity contribution is 9.09. The lowest BCUT2D eigenvalue weighted by Crippen LogP contribution is -2.44. The van der Waals surface area contributed by atoms with E-state index in [4.69, 9.17) is 4.74 Å². The Morgan fingerprint density at radius 2 is 2.06 bits per heavy atom. The first-order valence-corrected chi connectivity index (χ1v) is 9.45. The fraction of sp³-hybridized carbons (Fsp3) is 1.00. The summed E-state index contributed by atoms with van der Waals surface area (Å²) in [5.41, 5.74) is 0. The molecule has 0 saturated carbocycles. The Labute approximate surface area is 119 Å². The smallest absolute Gasteiger partial charge is 0.216 e. The summed E-state index contributed by atoms with van der Waals surface area (Å²) < 4.78 is 32.0. The number of sulfonamides is 1. The van der Waals surface area contributed by atoms with E-state index in [1.165, 1.54) is 0 Å². The SMILES string of the molecule is CCC(CC)N(CCBr)S(=O)(=O)CC1CCCO1. The van der Waals surface area contributed by atoms with E-state index in [1.807, 2.05) is 13.8 Å². The van der Waals surface area contributed by atoms with Crippen LogP contribution in [0, 0.1) is 0 Å². The Kier molecular flexibility index (Phi) is 7.13. The Hall–Kier alpha value is 0.350. The molecule has 1 heterocycles. The number of ether oxygens (including phenoxy) is 1. The molecule has 0 aliphatic carbocycles. The number of hydrogen-bond donors (Lipinski definition) is 0. The van der Waals surface area contributed by atoms with Gasteiger partial charge in [-0.2, -0.15) is 4.31 Å². The average molecular weight is 342 g/mol. The topological polar surface area (TPSA) is 46.6 Å². The van der Waals surface area contributed by atoms with Crippen molar-refractivity contribution in [2.45, 2.75) is 51.7 Å². The van der Waals surface area contributed by atoms with Gasteiger partial charge in [0.2, 0.25) is 10.0 Å². The van der Waals surface area contributed by atoms with E-state index >= 15 is 0 Å². The third-order valence-corrected chi connectivity index (χ3v) is 5.78. The van der Waals surface area contributed by atoms with Crippen molar-refractivity contribution in [3.63, 3.8) is 0 Å². The number of halogens is 1. The number of nitrogens with zero attached hydrogens (tertiary/aromatic N) is 1. The standard InChI is InChI=1S/C12H24BrNO3S/c1-3-11(4-2)14(8-7-13)18(15,16)10-12-6-5-9-17-12/h11-12H,3-10H2,1-2H3. The maximum absolute atomic E-state index is 12.5. The summed E-state index contributed by atoms with van der Waals surface area (Å²) >= 11 is 3.34. The van der Waals surface area contributed by atoms with Gasteiger partial charge in [-0.15, -0.1) is 0 Å². The third-order valence-electron chi connectivity index (χ3n) is 3.43. The van der Waals surface area contributed by atoms with E-state index in [9.17, 15) is 8.42 Å². The molecule has 0 amide bonds. The van der Waals surface area contributed by atoms with Crippen LogP contribution in [0.1, 0.15) is 39.5 Å². The minimum absolute atomic E-state index is 0.106. The molecule has 1 atom stereocenters. The fourth-order valence-corrected chi connectivity index (χ4v) is 5.10. The van der Waals surface area contributed by atoms with Gasteiger partial charge in [-0.05, 0) is 25.7 Å². The van der Waals surface area contributed by atoms with Gasteiger partial charge in [-0.1, -0.05) is 29.8 Å². The van der Waals surface area contributed by atoms with E-state index in [1.54, 1.807) is 4.31 Å². The predicted molar refractivity (Wildman–Crippen MR) is 77.6 cm³/mol. The maximum Gasteiger partial charge on any atom is 0.216 e. The zero-order chi connectivity index (χ0) is 13.6. The zero-order valence-electron chi connectivity index (χ0n) is 11.3. The van der Waals surface area contributed by atoms with E-state index in [-0.39, 0.29) is 17.9 Å². The summed E-state index contributed by atoms with van der Waals surface area (Å²) in [6, 6.07) is 0.106. The molecule has 0 aromatic carbocycles. The first-order chi connectivity index (χ1) is 8.55. The first kappa shape index (κ1) is 16.4. The molecule has 1 unspecified atom stereocenters. The van der Waals surface area contributed by atoms with Crippen LogP contribution >= 0.6 is 15.9 Å². The summed E-state index contributed by atoms with van der Waals surface area (Å²) in [6.07, 6.45) is 3.44. The van der Waals surface area contributed by atoms with Gasteiger partial charge >= 0.3 is 0 Å². The normalized spacial score (nSPS) is 21.1. The summed E-state index contributed by atoms with van der Waals surface area (Å²) in [5, 5.41) is 0.675. The Balaban J connectivity index is 2.74. The molecule has 1 aliphatic rings. The molecule has 0 bridgehead atoms. The molecule has 4 nitrogen and oxygen atoms in total. The van der Waals surface area contributed by atoms with Gasteiger partial charge in [-0.3, -0.25) is 0 Å². The van der Waals surface area contributed by atoms with Crippen molar-refractivity contribution in [1.29, 1.82) is 0 Å². The van der Waals surface area contributed by atoms with Crippen LogP contribution in [0.15, 0.2) is 0 Å². The highest BCUT2D eigenvalue weighted by Gasteiger charge is 2.31. The lowest BCUT2D eigenvalue weighted by molar-refractivity contribution is 0.126. The quantitative estimate of drug-likeness (QED) is 0.637. The molecule has 6 heteroatoms. The fourth-order valence-electron chi connectivity index (χ4n) is 2.43. The van der Waals surface area contributed by atoms with Crippen molar-refractivity contribution >= 4 is 26.0 Å². The molecule has 108 valence electrons. The van der Waals surface area contributed by atoms with E-state index < -0.39 is 10.0 Å². The van der Waals surface area contributed by atoms with Crippen molar-refractivity contribution in [3.05, 3.63) is 0 Å². The monoisotopic (exact) mass is 341 g/mol. The summed E-state index contributed by atoms with van der Waals surface area (Å²) in [4.78, 5) is 0. The van der Waals surface area contributed by atoms with Crippen LogP contribution in [0.25, 0.3) is 0 Å². The number of hydrogen-bond acceptors (Lipinski definition) is 3. The molecule has 1 saturated heterocycles. The minimum Gasteiger partial charge on any atom is -0.377 e. The molecule has 0 spiro atoms. The highest BCUT2D eigenvalue weighted by atomic mass is 79.9. The van der Waals surface area contributed by atoms with Crippen molar-refractivity contribution < 1.29 is 13.2 Å². The van der Waals surface area contributed by atoms with Crippen LogP contribution in [-0.2, 0) is 14.8 Å². The lowest BCUT2D eigenvalue weighted by Gasteiger charge is -2.29. The molecule has 18 heavy (non-hydrogen) atoms. The lowest BCUT2D eigenvalue weighted by atomic mass is 10.2. The van der Waals surface area contributed by atoms with Crippen LogP contribution in [0.5, 0.6) is 0 Å². The van der Waals surface area contributed by atoms with Gasteiger partial charge < -0.3 is 4.74 Å². The largest absolute Gasteiger partial charge is 0.377 e. The van der Waals surface area contributed by atoms with Gasteiger partial charge in [0.15, 0.2) is 0 Å². The van der Waals surface area contributed by atoms with Crippen LogP contribution < -0.4 is 0 Å². The van der Waals surface area contributed by atoms with E-state index in [2.05, 4.69) is 15.9 Å². The third kappa shape index (κ3) is 4.47. The number of alkyl halides is 1. The highest BCUT2D eigenvalue weighted by Crippen LogP contribution is 2.20. The summed E-state index contributed by atoms with van der Waals surface area (Å²) in [6.45, 7) is 5.32. The van der Waals surface area contributed by atoms with Gasteiger partial charge in [0.25, 0.3) is 0 Å². The van der Waals surface area contributed by atoms with Crippen molar-refractivity contribution in [2.24, 2.45) is 0 Å². The van der Waals surface area contributed by atoms with Crippen LogP contribution in [0.3, 0.4) is 0 Å². The van der Waals surface area contributed by atoms with Crippen LogP contribution in [0.2, 0.25) is 0 Å². The van der Waals surface area contributed by atoms with Gasteiger partial charge in [0.05, 0.1) is 11.9 Å². The van der Waals surface area contributed by atoms with Crippen molar-refractivity contribution in [1.82, 2.24) is 4.31 Å². The molecule has 0 radical (unpaired) electrons. The molecule has 1 aliphatic heterocycles. The summed E-state index contributed by atoms with van der Waals surface area (Å²) in [5.74, 6) is 0.135. The first-order valence-electron chi connectivity index (χ1n) is 6.72. The van der Waals surface area contributed by atoms with Gasteiger partial charge in [-0.25, -0.2) is 8.42 Å². The molecular weight excluding hydrogens is 318 g/mol. The van der Waals surface area contributed by atoms with Crippen molar-refractivity contribution in [2.75, 3.05) is 24.2 Å². The molecular formula is C12H24BrNO3S. The molecule has 0 aromatic heterocycles. The molecule has 0 aromatic rings. The maximum atomic E-state index is 12.5. The molecule has 1 fully saturated rings.